The van der Waals surface area contributed by atoms with Crippen LogP contribution in [-0.2, 0) is 14.3 Å². The van der Waals surface area contributed by atoms with E-state index in [4.69, 9.17) is 16.3 Å². The van der Waals surface area contributed by atoms with Crippen molar-refractivity contribution in [3.8, 4) is 0 Å². The van der Waals surface area contributed by atoms with Crippen LogP contribution in [0.4, 0.5) is 0 Å². The van der Waals surface area contributed by atoms with Gasteiger partial charge in [-0.05, 0) is 74.7 Å². The minimum absolute atomic E-state index is 0.0135. The molecule has 1 fully saturated rings. The van der Waals surface area contributed by atoms with E-state index < -0.39 is 12.1 Å². The van der Waals surface area contributed by atoms with Crippen LogP contribution >= 0.6 is 11.6 Å². The van der Waals surface area contributed by atoms with Gasteiger partial charge in [0.25, 0.3) is 0 Å². The average molecular weight is 473 g/mol. The van der Waals surface area contributed by atoms with Crippen molar-refractivity contribution in [3.63, 3.8) is 0 Å². The van der Waals surface area contributed by atoms with E-state index >= 15 is 0 Å². The third-order valence-corrected chi connectivity index (χ3v) is 6.29. The van der Waals surface area contributed by atoms with E-state index in [1.165, 1.54) is 0 Å². The normalized spacial score (nSPS) is 18.2. The maximum absolute atomic E-state index is 12.7. The first kappa shape index (κ1) is 25.2. The maximum atomic E-state index is 12.7. The first-order valence-corrected chi connectivity index (χ1v) is 11.9. The standard InChI is InChI=1S/C26H33ClN2O4/c1-33-22-7-4-6-19(12-15-22)24(30)8-5-9-25(31)28-23(18-29-16-2-3-17-29)26(32)20-10-13-21(27)14-11-20/h6-7,10-15,23,26,32H,2-5,8-9,16-18H2,1H3,(H,28,31)/t23-,26-/m1/s1. The number of amides is 1. The molecule has 0 spiro atoms. The second-order valence-corrected chi connectivity index (χ2v) is 8.93. The van der Waals surface area contributed by atoms with Gasteiger partial charge in [-0.15, -0.1) is 0 Å². The second kappa shape index (κ2) is 12.7. The number of nitrogens with zero attached hydrogens (tertiary/aromatic N) is 1. The summed E-state index contributed by atoms with van der Waals surface area (Å²) in [4.78, 5) is 27.5. The number of methoxy groups -OCH3 is 1. The molecule has 0 unspecified atom stereocenters. The Morgan fingerprint density at radius 1 is 1.12 bits per heavy atom. The number of carbonyl (C=O) groups excluding carboxylic acids is 2. The van der Waals surface area contributed by atoms with Crippen LogP contribution in [0.15, 0.2) is 59.9 Å². The predicted molar refractivity (Wildman–Crippen MR) is 130 cm³/mol. The topological polar surface area (TPSA) is 78.9 Å². The molecule has 2 N–H and O–H groups in total. The summed E-state index contributed by atoms with van der Waals surface area (Å²) in [5, 5.41) is 14.6. The van der Waals surface area contributed by atoms with Crippen molar-refractivity contribution < 1.29 is 19.4 Å². The van der Waals surface area contributed by atoms with E-state index in [9.17, 15) is 14.7 Å². The molecule has 1 amide bonds. The number of rotatable bonds is 11. The summed E-state index contributed by atoms with van der Waals surface area (Å²) in [5.41, 5.74) is 1.36. The van der Waals surface area contributed by atoms with E-state index in [2.05, 4.69) is 10.2 Å². The minimum atomic E-state index is -0.836. The molecule has 1 saturated heterocycles. The Morgan fingerprint density at radius 3 is 2.55 bits per heavy atom. The summed E-state index contributed by atoms with van der Waals surface area (Å²) in [6.45, 7) is 2.52. The molecule has 0 radical (unpaired) electrons. The summed E-state index contributed by atoms with van der Waals surface area (Å²) in [7, 11) is 1.60. The van der Waals surface area contributed by atoms with Crippen LogP contribution in [-0.4, -0.2) is 54.5 Å². The highest BCUT2D eigenvalue weighted by Gasteiger charge is 2.26. The van der Waals surface area contributed by atoms with Crippen LogP contribution in [0.2, 0.25) is 5.02 Å². The number of aliphatic hydroxyl groups is 1. The Balaban J connectivity index is 1.52. The van der Waals surface area contributed by atoms with Crippen molar-refractivity contribution >= 4 is 23.3 Å². The number of ether oxygens (including phenoxy) is 1. The third kappa shape index (κ3) is 7.84. The number of benzene rings is 1. The zero-order chi connectivity index (χ0) is 23.6. The monoisotopic (exact) mass is 472 g/mol. The smallest absolute Gasteiger partial charge is 0.220 e. The molecule has 2 aliphatic rings. The van der Waals surface area contributed by atoms with Crippen molar-refractivity contribution in [3.05, 3.63) is 70.5 Å². The number of ketones is 1. The van der Waals surface area contributed by atoms with Gasteiger partial charge in [0.2, 0.25) is 5.91 Å². The average Bonchev–Trinajstić information content (AvgIpc) is 3.20. The molecular weight excluding hydrogens is 440 g/mol. The summed E-state index contributed by atoms with van der Waals surface area (Å²) in [5.74, 6) is 0.588. The summed E-state index contributed by atoms with van der Waals surface area (Å²) in [6, 6.07) is 6.61. The number of likely N-dealkylation sites (tertiary alicyclic amines) is 1. The number of nitrogens with one attached hydrogen (secondary N) is 1. The molecule has 3 rings (SSSR count). The zero-order valence-electron chi connectivity index (χ0n) is 19.1. The van der Waals surface area contributed by atoms with Crippen molar-refractivity contribution in [2.75, 3.05) is 26.7 Å². The molecule has 6 nitrogen and oxygen atoms in total. The molecule has 1 aliphatic heterocycles. The highest BCUT2D eigenvalue weighted by atomic mass is 35.5. The van der Waals surface area contributed by atoms with E-state index in [-0.39, 0.29) is 18.1 Å². The number of aliphatic hydroxyl groups excluding tert-OH is 1. The molecule has 1 aromatic carbocycles. The molecule has 2 atom stereocenters. The van der Waals surface area contributed by atoms with Crippen LogP contribution in [0.1, 0.15) is 50.2 Å². The lowest BCUT2D eigenvalue weighted by Crippen LogP contribution is -2.46. The Bertz CT molecular complexity index is 901. The molecule has 0 aromatic heterocycles. The molecule has 1 heterocycles. The van der Waals surface area contributed by atoms with Crippen molar-refractivity contribution in [2.24, 2.45) is 0 Å². The highest BCUT2D eigenvalue weighted by molar-refractivity contribution is 6.30. The van der Waals surface area contributed by atoms with Crippen molar-refractivity contribution in [1.29, 1.82) is 0 Å². The fourth-order valence-electron chi connectivity index (χ4n) is 4.16. The lowest BCUT2D eigenvalue weighted by atomic mass is 10.0. The fraction of sp³-hybridized carbons (Fsp3) is 0.462. The third-order valence-electron chi connectivity index (χ3n) is 6.04. The molecule has 1 aliphatic carbocycles. The molecule has 33 heavy (non-hydrogen) atoms. The molecule has 0 saturated carbocycles. The maximum Gasteiger partial charge on any atom is 0.220 e. The van der Waals surface area contributed by atoms with Gasteiger partial charge in [0.05, 0.1) is 13.2 Å². The Hall–Kier alpha value is -2.41. The largest absolute Gasteiger partial charge is 0.497 e. The molecule has 178 valence electrons. The number of Topliss-reactive ketones (excluding diaryl/α,β-unsaturated/α-hetero) is 1. The zero-order valence-corrected chi connectivity index (χ0v) is 19.9. The number of allylic oxidation sites excluding steroid dienone is 5. The van der Waals surface area contributed by atoms with Gasteiger partial charge in [0.15, 0.2) is 5.78 Å². The van der Waals surface area contributed by atoms with Gasteiger partial charge in [-0.3, -0.25) is 9.59 Å². The number of hydrogen-bond donors (Lipinski definition) is 2. The summed E-state index contributed by atoms with van der Waals surface area (Å²) >= 11 is 5.98. The van der Waals surface area contributed by atoms with E-state index in [1.54, 1.807) is 43.5 Å². The lowest BCUT2D eigenvalue weighted by Gasteiger charge is -2.28. The lowest BCUT2D eigenvalue weighted by molar-refractivity contribution is -0.123. The van der Waals surface area contributed by atoms with Crippen LogP contribution < -0.4 is 5.32 Å². The van der Waals surface area contributed by atoms with Crippen LogP contribution in [0.25, 0.3) is 0 Å². The number of hydrogen-bond acceptors (Lipinski definition) is 5. The first-order chi connectivity index (χ1) is 16.0. The van der Waals surface area contributed by atoms with Gasteiger partial charge in [0.1, 0.15) is 11.9 Å². The highest BCUT2D eigenvalue weighted by Crippen LogP contribution is 2.22. The minimum Gasteiger partial charge on any atom is -0.497 e. The van der Waals surface area contributed by atoms with Gasteiger partial charge in [-0.25, -0.2) is 0 Å². The Kier molecular flexibility index (Phi) is 9.73. The van der Waals surface area contributed by atoms with E-state index in [0.29, 0.717) is 36.4 Å². The number of halogens is 1. The van der Waals surface area contributed by atoms with Crippen LogP contribution in [0.3, 0.4) is 0 Å². The molecular formula is C26H33ClN2O4. The van der Waals surface area contributed by atoms with Gasteiger partial charge in [0, 0.05) is 30.0 Å². The van der Waals surface area contributed by atoms with Crippen LogP contribution in [0.5, 0.6) is 0 Å². The fourth-order valence-corrected chi connectivity index (χ4v) is 4.29. The summed E-state index contributed by atoms with van der Waals surface area (Å²) in [6.07, 6.45) is 10.4. The van der Waals surface area contributed by atoms with Gasteiger partial charge >= 0.3 is 0 Å². The van der Waals surface area contributed by atoms with Gasteiger partial charge < -0.3 is 20.1 Å². The van der Waals surface area contributed by atoms with Gasteiger partial charge in [-0.2, -0.15) is 0 Å². The Morgan fingerprint density at radius 2 is 1.85 bits per heavy atom. The Labute approximate surface area is 200 Å². The van der Waals surface area contributed by atoms with Crippen molar-refractivity contribution in [1.82, 2.24) is 10.2 Å². The van der Waals surface area contributed by atoms with E-state index in [0.717, 1.165) is 37.3 Å². The predicted octanol–water partition coefficient (Wildman–Crippen LogP) is 4.11. The van der Waals surface area contributed by atoms with Crippen LogP contribution in [0, 0.1) is 0 Å². The molecule has 1 aromatic rings. The SMILES string of the molecule is COC1=CCC=C(C(=O)CCCC(=O)N[C@H](CN2CCCC2)[C@H](O)c2ccc(Cl)cc2)C=C1. The number of carbonyl (C=O) groups is 2. The quantitative estimate of drug-likeness (QED) is 0.506. The van der Waals surface area contributed by atoms with E-state index in [1.807, 2.05) is 12.2 Å². The first-order valence-electron chi connectivity index (χ1n) is 11.6. The van der Waals surface area contributed by atoms with Crippen molar-refractivity contribution in [2.45, 2.75) is 50.7 Å². The molecule has 7 heteroatoms. The second-order valence-electron chi connectivity index (χ2n) is 8.49. The van der Waals surface area contributed by atoms with Gasteiger partial charge in [-0.1, -0.05) is 29.8 Å². The molecule has 0 bridgehead atoms. The summed E-state index contributed by atoms with van der Waals surface area (Å²) < 4.78 is 5.20.